The lowest BCUT2D eigenvalue weighted by Crippen LogP contribution is -2.45. The first-order chi connectivity index (χ1) is 8.31. The molecule has 1 heterocycles. The monoisotopic (exact) mass is 230 g/mol. The Kier molecular flexibility index (Phi) is 4.08. The van der Waals surface area contributed by atoms with Crippen LogP contribution in [-0.4, -0.2) is 31.1 Å². The van der Waals surface area contributed by atoms with Crippen molar-refractivity contribution < 1.29 is 0 Å². The topological polar surface area (TPSA) is 6.48 Å². The molecule has 1 aromatic carbocycles. The molecule has 1 aliphatic rings. The molecule has 0 bridgehead atoms. The average Bonchev–Trinajstić information content (AvgIpc) is 2.40. The number of hydrogen-bond donors (Lipinski definition) is 0. The van der Waals surface area contributed by atoms with Gasteiger partial charge in [0.15, 0.2) is 0 Å². The summed E-state index contributed by atoms with van der Waals surface area (Å²) in [5.41, 5.74) is 2.78. The molecule has 2 rings (SSSR count). The van der Waals surface area contributed by atoms with Gasteiger partial charge in [-0.25, -0.2) is 0 Å². The van der Waals surface area contributed by atoms with Gasteiger partial charge >= 0.3 is 0 Å². The van der Waals surface area contributed by atoms with E-state index in [1.165, 1.54) is 11.4 Å². The van der Waals surface area contributed by atoms with Crippen LogP contribution in [0.15, 0.2) is 42.1 Å². The van der Waals surface area contributed by atoms with E-state index in [2.05, 4.69) is 60.1 Å². The fourth-order valence-electron chi connectivity index (χ4n) is 2.38. The molecule has 17 heavy (non-hydrogen) atoms. The minimum atomic E-state index is 1.12. The zero-order chi connectivity index (χ0) is 12.1. The molecule has 0 N–H and O–H groups in total. The van der Waals surface area contributed by atoms with Crippen molar-refractivity contribution >= 4 is 5.69 Å². The number of piperazine rings is 1. The lowest BCUT2D eigenvalue weighted by Gasteiger charge is -2.37. The lowest BCUT2D eigenvalue weighted by molar-refractivity contribution is 0.321. The Balaban J connectivity index is 1.93. The minimum absolute atomic E-state index is 1.12. The van der Waals surface area contributed by atoms with Gasteiger partial charge in [-0.2, -0.15) is 0 Å². The third-order valence-electron chi connectivity index (χ3n) is 3.40. The normalized spacial score (nSPS) is 17.4. The Labute approximate surface area is 105 Å². The number of para-hydroxylation sites is 1. The van der Waals surface area contributed by atoms with Crippen molar-refractivity contribution in [2.45, 2.75) is 20.3 Å². The van der Waals surface area contributed by atoms with E-state index in [1.54, 1.807) is 0 Å². The molecular weight excluding hydrogens is 208 g/mol. The van der Waals surface area contributed by atoms with Crippen molar-refractivity contribution in [3.63, 3.8) is 0 Å². The molecule has 1 fully saturated rings. The predicted molar refractivity (Wildman–Crippen MR) is 74.3 cm³/mol. The largest absolute Gasteiger partial charge is 0.372 e. The molecule has 0 aliphatic carbocycles. The van der Waals surface area contributed by atoms with E-state index in [4.69, 9.17) is 0 Å². The van der Waals surface area contributed by atoms with Crippen molar-refractivity contribution in [3.05, 3.63) is 42.1 Å². The highest BCUT2D eigenvalue weighted by Gasteiger charge is 2.16. The summed E-state index contributed by atoms with van der Waals surface area (Å²) in [5, 5.41) is 0. The Morgan fingerprint density at radius 1 is 1.12 bits per heavy atom. The zero-order valence-corrected chi connectivity index (χ0v) is 10.9. The van der Waals surface area contributed by atoms with Crippen molar-refractivity contribution in [2.24, 2.45) is 0 Å². The van der Waals surface area contributed by atoms with Gasteiger partial charge in [0.25, 0.3) is 0 Å². The van der Waals surface area contributed by atoms with Gasteiger partial charge in [-0.3, -0.25) is 0 Å². The summed E-state index contributed by atoms with van der Waals surface area (Å²) in [6.07, 6.45) is 3.45. The van der Waals surface area contributed by atoms with Gasteiger partial charge in [0.2, 0.25) is 0 Å². The predicted octanol–water partition coefficient (Wildman–Crippen LogP) is 3.12. The van der Waals surface area contributed by atoms with Crippen LogP contribution < -0.4 is 4.90 Å². The maximum absolute atomic E-state index is 2.49. The Hall–Kier alpha value is -1.44. The van der Waals surface area contributed by atoms with E-state index in [1.807, 2.05) is 0 Å². The SMILES string of the molecule is CCC=C(C)N1CCN(c2ccccc2)CC1. The van der Waals surface area contributed by atoms with Gasteiger partial charge in [0, 0.05) is 37.6 Å². The smallest absolute Gasteiger partial charge is 0.0367 e. The van der Waals surface area contributed by atoms with Crippen molar-refractivity contribution in [3.8, 4) is 0 Å². The molecule has 0 radical (unpaired) electrons. The molecule has 1 aliphatic heterocycles. The van der Waals surface area contributed by atoms with Crippen LogP contribution in [0.2, 0.25) is 0 Å². The fourth-order valence-corrected chi connectivity index (χ4v) is 2.38. The molecule has 92 valence electrons. The fraction of sp³-hybridized carbons (Fsp3) is 0.467. The summed E-state index contributed by atoms with van der Waals surface area (Å²) in [5.74, 6) is 0. The van der Waals surface area contributed by atoms with Crippen molar-refractivity contribution in [2.75, 3.05) is 31.1 Å². The number of hydrogen-bond acceptors (Lipinski definition) is 2. The molecule has 0 unspecified atom stereocenters. The van der Waals surface area contributed by atoms with Crippen LogP contribution >= 0.6 is 0 Å². The first-order valence-corrected chi connectivity index (χ1v) is 6.53. The summed E-state index contributed by atoms with van der Waals surface area (Å²) < 4.78 is 0. The summed E-state index contributed by atoms with van der Waals surface area (Å²) in [6, 6.07) is 10.7. The van der Waals surface area contributed by atoms with Crippen molar-refractivity contribution in [1.82, 2.24) is 4.90 Å². The van der Waals surface area contributed by atoms with Gasteiger partial charge in [-0.05, 0) is 25.5 Å². The zero-order valence-electron chi connectivity index (χ0n) is 10.9. The highest BCUT2D eigenvalue weighted by molar-refractivity contribution is 5.46. The molecule has 0 spiro atoms. The van der Waals surface area contributed by atoms with E-state index in [-0.39, 0.29) is 0 Å². The molecule has 0 atom stereocenters. The minimum Gasteiger partial charge on any atom is -0.372 e. The first-order valence-electron chi connectivity index (χ1n) is 6.53. The maximum Gasteiger partial charge on any atom is 0.0367 e. The number of anilines is 1. The highest BCUT2D eigenvalue weighted by atomic mass is 15.3. The molecule has 0 saturated carbocycles. The maximum atomic E-state index is 2.49. The van der Waals surface area contributed by atoms with Crippen LogP contribution in [0.25, 0.3) is 0 Å². The highest BCUT2D eigenvalue weighted by Crippen LogP contribution is 2.17. The lowest BCUT2D eigenvalue weighted by atomic mass is 10.2. The molecule has 2 heteroatoms. The first kappa shape index (κ1) is 12.0. The van der Waals surface area contributed by atoms with E-state index in [9.17, 15) is 0 Å². The third kappa shape index (κ3) is 3.02. The van der Waals surface area contributed by atoms with Crippen molar-refractivity contribution in [1.29, 1.82) is 0 Å². The van der Waals surface area contributed by atoms with Gasteiger partial charge in [-0.15, -0.1) is 0 Å². The number of rotatable bonds is 3. The van der Waals surface area contributed by atoms with E-state index in [0.717, 1.165) is 32.6 Å². The molecular formula is C15H22N2. The van der Waals surface area contributed by atoms with Gasteiger partial charge in [-0.1, -0.05) is 31.2 Å². The van der Waals surface area contributed by atoms with Gasteiger partial charge < -0.3 is 9.80 Å². The van der Waals surface area contributed by atoms with E-state index >= 15 is 0 Å². The Morgan fingerprint density at radius 2 is 1.76 bits per heavy atom. The van der Waals surface area contributed by atoms with Crippen LogP contribution in [-0.2, 0) is 0 Å². The number of benzene rings is 1. The van der Waals surface area contributed by atoms with Gasteiger partial charge in [0.05, 0.1) is 0 Å². The van der Waals surface area contributed by atoms with Crippen LogP contribution in [0.3, 0.4) is 0 Å². The molecule has 0 aromatic heterocycles. The second kappa shape index (κ2) is 5.76. The average molecular weight is 230 g/mol. The van der Waals surface area contributed by atoms with Crippen LogP contribution in [0.5, 0.6) is 0 Å². The Morgan fingerprint density at radius 3 is 2.35 bits per heavy atom. The molecule has 1 saturated heterocycles. The summed E-state index contributed by atoms with van der Waals surface area (Å²) in [7, 11) is 0. The summed E-state index contributed by atoms with van der Waals surface area (Å²) in [4.78, 5) is 4.96. The van der Waals surface area contributed by atoms with Gasteiger partial charge in [0.1, 0.15) is 0 Å². The molecule has 2 nitrogen and oxygen atoms in total. The quantitative estimate of drug-likeness (QED) is 0.787. The van der Waals surface area contributed by atoms with Crippen LogP contribution in [0.1, 0.15) is 20.3 Å². The summed E-state index contributed by atoms with van der Waals surface area (Å²) in [6.45, 7) is 8.94. The van der Waals surface area contributed by atoms with E-state index in [0.29, 0.717) is 0 Å². The Bertz CT molecular complexity index is 362. The third-order valence-corrected chi connectivity index (χ3v) is 3.40. The number of allylic oxidation sites excluding steroid dienone is 2. The molecule has 1 aromatic rings. The second-order valence-corrected chi connectivity index (χ2v) is 4.56. The standard InChI is InChI=1S/C15H22N2/c1-3-7-14(2)16-10-12-17(13-11-16)15-8-5-4-6-9-15/h4-9H,3,10-13H2,1-2H3. The summed E-state index contributed by atoms with van der Waals surface area (Å²) >= 11 is 0. The van der Waals surface area contributed by atoms with Crippen LogP contribution in [0.4, 0.5) is 5.69 Å². The second-order valence-electron chi connectivity index (χ2n) is 4.56. The van der Waals surface area contributed by atoms with E-state index < -0.39 is 0 Å². The van der Waals surface area contributed by atoms with Crippen LogP contribution in [0, 0.1) is 0 Å². The molecule has 0 amide bonds. The number of nitrogens with zero attached hydrogens (tertiary/aromatic N) is 2.